The van der Waals surface area contributed by atoms with E-state index in [-0.39, 0.29) is 5.69 Å². The molecule has 0 aliphatic heterocycles. The van der Waals surface area contributed by atoms with E-state index in [1.807, 2.05) is 0 Å². The molecule has 10 heteroatoms. The Morgan fingerprint density at radius 2 is 2.00 bits per heavy atom. The molecule has 1 aromatic carbocycles. The summed E-state index contributed by atoms with van der Waals surface area (Å²) in [5, 5.41) is 0.697. The number of nitrogens with zero attached hydrogens (tertiary/aromatic N) is 1. The maximum Gasteiger partial charge on any atom is 0.416 e. The van der Waals surface area contributed by atoms with Crippen molar-refractivity contribution in [3.63, 3.8) is 0 Å². The van der Waals surface area contributed by atoms with E-state index in [0.29, 0.717) is 17.2 Å². The van der Waals surface area contributed by atoms with Gasteiger partial charge in [-0.3, -0.25) is 4.55 Å². The van der Waals surface area contributed by atoms with Crippen molar-refractivity contribution >= 4 is 23.0 Å². The average molecular weight is 313 g/mol. The molecule has 0 saturated carbocycles. The highest BCUT2D eigenvalue weighted by molar-refractivity contribution is 7.74. The number of anilines is 1. The zero-order valence-corrected chi connectivity index (χ0v) is 11.1. The predicted octanol–water partition coefficient (Wildman–Crippen LogP) is 2.00. The second-order valence-corrected chi connectivity index (χ2v) is 4.09. The van der Waals surface area contributed by atoms with Crippen LogP contribution in [0.2, 0.25) is 0 Å². The third-order valence-electron chi connectivity index (χ3n) is 2.24. The van der Waals surface area contributed by atoms with Crippen molar-refractivity contribution in [2.45, 2.75) is 6.18 Å². The molecule has 1 aromatic rings. The van der Waals surface area contributed by atoms with E-state index >= 15 is 0 Å². The molecule has 0 spiro atoms. The van der Waals surface area contributed by atoms with E-state index in [0.717, 1.165) is 20.2 Å². The first-order valence-electron chi connectivity index (χ1n) is 4.99. The number of ether oxygens (including phenoxy) is 1. The zero-order chi connectivity index (χ0) is 15.5. The minimum atomic E-state index is -4.64. The van der Waals surface area contributed by atoms with Crippen molar-refractivity contribution in [3.05, 3.63) is 29.3 Å². The summed E-state index contributed by atoms with van der Waals surface area (Å²) in [5.74, 6) is -1.04. The number of esters is 1. The summed E-state index contributed by atoms with van der Waals surface area (Å²) < 4.78 is 65.6. The van der Waals surface area contributed by atoms with Gasteiger partial charge in [0.05, 0.1) is 23.9 Å². The molecule has 20 heavy (non-hydrogen) atoms. The first-order chi connectivity index (χ1) is 9.16. The Balaban J connectivity index is 3.30. The molecule has 6 nitrogen and oxygen atoms in total. The normalized spacial score (nSPS) is 12.9. The summed E-state index contributed by atoms with van der Waals surface area (Å²) in [6, 6.07) is 2.21. The van der Waals surface area contributed by atoms with Crippen molar-refractivity contribution in [1.82, 2.24) is 0 Å². The summed E-state index contributed by atoms with van der Waals surface area (Å²) >= 11 is -2.69. The number of carbonyl (C=O) groups excluding carboxylic acids is 1. The fourth-order valence-electron chi connectivity index (χ4n) is 1.40. The molecule has 0 saturated heterocycles. The van der Waals surface area contributed by atoms with Crippen LogP contribution in [0.25, 0.3) is 0 Å². The molecule has 0 fully saturated rings. The predicted molar refractivity (Wildman–Crippen MR) is 63.0 cm³/mol. The number of hydrogen-bond donors (Lipinski definition) is 1. The maximum absolute atomic E-state index is 12.6. The number of alkyl halides is 3. The molecule has 0 radical (unpaired) electrons. The molecule has 1 rings (SSSR count). The molecule has 0 heterocycles. The number of benzene rings is 1. The highest BCUT2D eigenvalue weighted by Gasteiger charge is 2.32. The van der Waals surface area contributed by atoms with Gasteiger partial charge in [-0.1, -0.05) is 0 Å². The van der Waals surface area contributed by atoms with Gasteiger partial charge in [0.1, 0.15) is 0 Å². The van der Waals surface area contributed by atoms with Crippen LogP contribution in [0.1, 0.15) is 15.9 Å². The van der Waals surface area contributed by atoms with Gasteiger partial charge in [0.25, 0.3) is 0 Å². The molecule has 0 amide bonds. The molecule has 1 atom stereocenters. The Hall–Kier alpha value is -1.65. The largest absolute Gasteiger partial charge is 0.465 e. The molecule has 0 aliphatic carbocycles. The average Bonchev–Trinajstić information content (AvgIpc) is 2.35. The summed E-state index contributed by atoms with van der Waals surface area (Å²) in [7, 11) is 2.15. The van der Waals surface area contributed by atoms with Gasteiger partial charge in [0, 0.05) is 7.05 Å². The van der Waals surface area contributed by atoms with E-state index in [1.165, 1.54) is 0 Å². The lowest BCUT2D eigenvalue weighted by Gasteiger charge is -2.19. The van der Waals surface area contributed by atoms with E-state index < -0.39 is 34.6 Å². The Bertz CT molecular complexity index is 534. The highest BCUT2D eigenvalue weighted by Crippen LogP contribution is 2.33. The minimum absolute atomic E-state index is 0.146. The van der Waals surface area contributed by atoms with Crippen LogP contribution in [0.15, 0.2) is 18.2 Å². The Kier molecular flexibility index (Phi) is 5.09. The Morgan fingerprint density at radius 3 is 2.45 bits per heavy atom. The second kappa shape index (κ2) is 6.20. The van der Waals surface area contributed by atoms with Gasteiger partial charge in [-0.25, -0.2) is 9.86 Å². The standard InChI is InChI=1S/C10H10F3NO5S/c1-14(19-20(16)17)8-4-3-6(10(11,12)13)5-7(8)9(15)18-2/h3-5H,1-2H3,(H,16,17). The number of methoxy groups -OCH3 is 1. The van der Waals surface area contributed by atoms with E-state index in [4.69, 9.17) is 4.55 Å². The first-order valence-corrected chi connectivity index (χ1v) is 6.02. The van der Waals surface area contributed by atoms with Crippen LogP contribution in [-0.4, -0.2) is 28.9 Å². The number of carbonyl (C=O) groups is 1. The van der Waals surface area contributed by atoms with Crippen molar-refractivity contribution < 1.29 is 35.7 Å². The third-order valence-corrected chi connectivity index (χ3v) is 2.60. The lowest BCUT2D eigenvalue weighted by Crippen LogP contribution is -2.22. The molecule has 1 N–H and O–H groups in total. The summed E-state index contributed by atoms with van der Waals surface area (Å²) in [6.45, 7) is 0. The zero-order valence-electron chi connectivity index (χ0n) is 10.3. The van der Waals surface area contributed by atoms with Crippen LogP contribution in [0.3, 0.4) is 0 Å². The minimum Gasteiger partial charge on any atom is -0.465 e. The van der Waals surface area contributed by atoms with Gasteiger partial charge < -0.3 is 4.74 Å². The first kappa shape index (κ1) is 16.4. The van der Waals surface area contributed by atoms with Crippen LogP contribution < -0.4 is 5.06 Å². The van der Waals surface area contributed by atoms with Crippen molar-refractivity contribution in [1.29, 1.82) is 0 Å². The van der Waals surface area contributed by atoms with Crippen LogP contribution >= 0.6 is 0 Å². The SMILES string of the molecule is COC(=O)c1cc(C(F)(F)F)ccc1N(C)OS(=O)O. The molecule has 0 bridgehead atoms. The van der Waals surface area contributed by atoms with Crippen molar-refractivity contribution in [3.8, 4) is 0 Å². The fraction of sp³-hybridized carbons (Fsp3) is 0.300. The maximum atomic E-state index is 12.6. The van der Waals surface area contributed by atoms with Crippen molar-refractivity contribution in [2.24, 2.45) is 0 Å². The summed E-state index contributed by atoms with van der Waals surface area (Å²) in [6.07, 6.45) is -4.64. The lowest BCUT2D eigenvalue weighted by atomic mass is 10.1. The molecule has 0 aromatic heterocycles. The topological polar surface area (TPSA) is 76.1 Å². The van der Waals surface area contributed by atoms with E-state index in [2.05, 4.69) is 9.02 Å². The van der Waals surface area contributed by atoms with Crippen LogP contribution in [-0.2, 0) is 26.6 Å². The van der Waals surface area contributed by atoms with Crippen molar-refractivity contribution in [2.75, 3.05) is 19.2 Å². The van der Waals surface area contributed by atoms with Gasteiger partial charge in [-0.05, 0) is 18.2 Å². The molecular formula is C10H10F3NO5S. The van der Waals surface area contributed by atoms with Crippen LogP contribution in [0.5, 0.6) is 0 Å². The monoisotopic (exact) mass is 313 g/mol. The van der Waals surface area contributed by atoms with Crippen LogP contribution in [0, 0.1) is 0 Å². The molecule has 0 aliphatic rings. The van der Waals surface area contributed by atoms with Gasteiger partial charge in [-0.2, -0.15) is 17.4 Å². The number of halogens is 3. The van der Waals surface area contributed by atoms with Gasteiger partial charge >= 0.3 is 23.5 Å². The molecule has 112 valence electrons. The van der Waals surface area contributed by atoms with Gasteiger partial charge in [0.2, 0.25) is 0 Å². The highest BCUT2D eigenvalue weighted by atomic mass is 32.2. The quantitative estimate of drug-likeness (QED) is 0.520. The number of hydroxylamine groups is 1. The third kappa shape index (κ3) is 3.92. The second-order valence-electron chi connectivity index (χ2n) is 3.51. The van der Waals surface area contributed by atoms with Gasteiger partial charge in [0.15, 0.2) is 0 Å². The fourth-order valence-corrected chi connectivity index (χ4v) is 1.67. The van der Waals surface area contributed by atoms with Crippen LogP contribution in [0.4, 0.5) is 18.9 Å². The molecule has 1 unspecified atom stereocenters. The Morgan fingerprint density at radius 1 is 1.40 bits per heavy atom. The van der Waals surface area contributed by atoms with E-state index in [1.54, 1.807) is 0 Å². The summed E-state index contributed by atoms with van der Waals surface area (Å²) in [5.41, 5.74) is -1.65. The molecular weight excluding hydrogens is 303 g/mol. The smallest absolute Gasteiger partial charge is 0.416 e. The summed E-state index contributed by atoms with van der Waals surface area (Å²) in [4.78, 5) is 11.5. The van der Waals surface area contributed by atoms with E-state index in [9.17, 15) is 22.2 Å². The number of rotatable bonds is 4. The Labute approximate surface area is 114 Å². The number of hydrogen-bond acceptors (Lipinski definition) is 5. The van der Waals surface area contributed by atoms with Gasteiger partial charge in [-0.15, -0.1) is 4.28 Å². The lowest BCUT2D eigenvalue weighted by molar-refractivity contribution is -0.137.